The molecule has 5 heteroatoms. The van der Waals surface area contributed by atoms with E-state index in [1.165, 1.54) is 0 Å². The molecule has 0 aliphatic carbocycles. The summed E-state index contributed by atoms with van der Waals surface area (Å²) < 4.78 is 0. The number of piperidine rings is 1. The fraction of sp³-hybridized carbons (Fsp3) is 0.778. The number of carbonyl (C=O) groups is 2. The Kier molecular flexibility index (Phi) is 1.82. The van der Waals surface area contributed by atoms with Crippen molar-refractivity contribution in [1.82, 2.24) is 16.0 Å². The molecular weight excluding hydrogens is 182 g/mol. The Morgan fingerprint density at radius 3 is 2.50 bits per heavy atom. The number of urea groups is 1. The van der Waals surface area contributed by atoms with Gasteiger partial charge in [0.05, 0.1) is 0 Å². The molecule has 1 spiro atoms. The molecule has 0 aromatic heterocycles. The number of nitrogens with one attached hydrogen (secondary N) is 3. The summed E-state index contributed by atoms with van der Waals surface area (Å²) in [5, 5.41) is 8.32. The van der Waals surface area contributed by atoms with E-state index in [9.17, 15) is 9.59 Å². The molecule has 0 aromatic rings. The quantitative estimate of drug-likeness (QED) is 0.462. The van der Waals surface area contributed by atoms with Crippen LogP contribution in [0.1, 0.15) is 20.3 Å². The van der Waals surface area contributed by atoms with Crippen LogP contribution in [0.3, 0.4) is 0 Å². The molecular formula is C9H15N3O2. The lowest BCUT2D eigenvalue weighted by atomic mass is 9.68. The van der Waals surface area contributed by atoms with E-state index in [2.05, 4.69) is 16.0 Å². The van der Waals surface area contributed by atoms with Crippen LogP contribution < -0.4 is 16.0 Å². The second-order valence-corrected chi connectivity index (χ2v) is 4.62. The van der Waals surface area contributed by atoms with Gasteiger partial charge in [-0.05, 0) is 13.0 Å². The van der Waals surface area contributed by atoms with Crippen LogP contribution in [0.5, 0.6) is 0 Å². The lowest BCUT2D eigenvalue weighted by Gasteiger charge is -2.45. The topological polar surface area (TPSA) is 70.2 Å². The van der Waals surface area contributed by atoms with Crippen molar-refractivity contribution in [3.63, 3.8) is 0 Å². The van der Waals surface area contributed by atoms with Crippen molar-refractivity contribution >= 4 is 11.9 Å². The van der Waals surface area contributed by atoms with Gasteiger partial charge in [0.2, 0.25) is 0 Å². The first-order chi connectivity index (χ1) is 6.48. The number of amides is 3. The zero-order chi connectivity index (χ0) is 10.4. The van der Waals surface area contributed by atoms with E-state index in [1.807, 2.05) is 13.8 Å². The Bertz CT molecular complexity index is 300. The Morgan fingerprint density at radius 1 is 1.29 bits per heavy atom. The van der Waals surface area contributed by atoms with Gasteiger partial charge < -0.3 is 10.6 Å². The van der Waals surface area contributed by atoms with Crippen LogP contribution in [0.15, 0.2) is 0 Å². The van der Waals surface area contributed by atoms with Gasteiger partial charge in [0.25, 0.3) is 5.91 Å². The van der Waals surface area contributed by atoms with Gasteiger partial charge in [-0.25, -0.2) is 4.79 Å². The monoisotopic (exact) mass is 197 g/mol. The SMILES string of the molecule is CC1(C)CNCCC12NC(=O)NC2=O. The minimum atomic E-state index is -0.713. The maximum absolute atomic E-state index is 11.8. The van der Waals surface area contributed by atoms with E-state index in [-0.39, 0.29) is 17.4 Å². The number of carbonyl (C=O) groups excluding carboxylic acids is 2. The minimum Gasteiger partial charge on any atom is -0.323 e. The maximum Gasteiger partial charge on any atom is 0.322 e. The molecule has 2 heterocycles. The second kappa shape index (κ2) is 2.70. The highest BCUT2D eigenvalue weighted by Crippen LogP contribution is 2.37. The summed E-state index contributed by atoms with van der Waals surface area (Å²) in [6, 6.07) is -0.370. The molecule has 5 nitrogen and oxygen atoms in total. The summed E-state index contributed by atoms with van der Waals surface area (Å²) in [5.74, 6) is -0.186. The van der Waals surface area contributed by atoms with Crippen LogP contribution >= 0.6 is 0 Å². The molecule has 2 aliphatic heterocycles. The van der Waals surface area contributed by atoms with Crippen LogP contribution in [0.25, 0.3) is 0 Å². The molecule has 14 heavy (non-hydrogen) atoms. The van der Waals surface area contributed by atoms with E-state index in [0.717, 1.165) is 13.1 Å². The molecule has 0 saturated carbocycles. The maximum atomic E-state index is 11.8. The van der Waals surface area contributed by atoms with Crippen LogP contribution in [-0.2, 0) is 4.79 Å². The van der Waals surface area contributed by atoms with Gasteiger partial charge in [-0.2, -0.15) is 0 Å². The number of rotatable bonds is 0. The van der Waals surface area contributed by atoms with Crippen molar-refractivity contribution in [2.45, 2.75) is 25.8 Å². The summed E-state index contributed by atoms with van der Waals surface area (Å²) in [6.45, 7) is 5.48. The number of hydrogen-bond acceptors (Lipinski definition) is 3. The Balaban J connectivity index is 2.37. The predicted octanol–water partition coefficient (Wildman–Crippen LogP) is -0.416. The largest absolute Gasteiger partial charge is 0.323 e. The molecule has 0 bridgehead atoms. The van der Waals surface area contributed by atoms with E-state index in [4.69, 9.17) is 0 Å². The highest BCUT2D eigenvalue weighted by Gasteiger charge is 2.57. The van der Waals surface area contributed by atoms with Gasteiger partial charge in [-0.15, -0.1) is 0 Å². The number of hydrogen-bond donors (Lipinski definition) is 3. The van der Waals surface area contributed by atoms with Gasteiger partial charge in [0.15, 0.2) is 0 Å². The van der Waals surface area contributed by atoms with Crippen LogP contribution in [0.2, 0.25) is 0 Å². The number of imide groups is 1. The molecule has 2 fully saturated rings. The van der Waals surface area contributed by atoms with E-state index < -0.39 is 5.54 Å². The first kappa shape index (κ1) is 9.45. The molecule has 3 amide bonds. The molecule has 0 aromatic carbocycles. The molecule has 2 saturated heterocycles. The summed E-state index contributed by atoms with van der Waals surface area (Å²) >= 11 is 0. The first-order valence-electron chi connectivity index (χ1n) is 4.82. The third-order valence-electron chi connectivity index (χ3n) is 3.34. The summed E-state index contributed by atoms with van der Waals surface area (Å²) in [4.78, 5) is 22.9. The molecule has 2 aliphatic rings. The third-order valence-corrected chi connectivity index (χ3v) is 3.34. The zero-order valence-electron chi connectivity index (χ0n) is 8.44. The molecule has 78 valence electrons. The molecule has 0 radical (unpaired) electrons. The van der Waals surface area contributed by atoms with Crippen molar-refractivity contribution in [3.05, 3.63) is 0 Å². The summed E-state index contributed by atoms with van der Waals surface area (Å²) in [7, 11) is 0. The average molecular weight is 197 g/mol. The lowest BCUT2D eigenvalue weighted by molar-refractivity contribution is -0.129. The Labute approximate surface area is 82.6 Å². The van der Waals surface area contributed by atoms with Crippen molar-refractivity contribution in [2.75, 3.05) is 13.1 Å². The molecule has 2 rings (SSSR count). The summed E-state index contributed by atoms with van der Waals surface area (Å²) in [6.07, 6.45) is 0.650. The van der Waals surface area contributed by atoms with Gasteiger partial charge in [-0.1, -0.05) is 13.8 Å². The van der Waals surface area contributed by atoms with Crippen LogP contribution in [-0.4, -0.2) is 30.6 Å². The predicted molar refractivity (Wildman–Crippen MR) is 50.7 cm³/mol. The van der Waals surface area contributed by atoms with E-state index in [0.29, 0.717) is 6.42 Å². The van der Waals surface area contributed by atoms with Crippen molar-refractivity contribution in [2.24, 2.45) is 5.41 Å². The second-order valence-electron chi connectivity index (χ2n) is 4.62. The zero-order valence-corrected chi connectivity index (χ0v) is 8.44. The minimum absolute atomic E-state index is 0.186. The standard InChI is InChI=1S/C9H15N3O2/c1-8(2)5-10-4-3-9(8)6(13)11-7(14)12-9/h10H,3-5H2,1-2H3,(H2,11,12,13,14). The van der Waals surface area contributed by atoms with Crippen LogP contribution in [0, 0.1) is 5.41 Å². The Hall–Kier alpha value is -1.10. The van der Waals surface area contributed by atoms with Gasteiger partial charge in [-0.3, -0.25) is 10.1 Å². The average Bonchev–Trinajstić information content (AvgIpc) is 2.35. The van der Waals surface area contributed by atoms with Crippen molar-refractivity contribution in [3.8, 4) is 0 Å². The van der Waals surface area contributed by atoms with Crippen LogP contribution in [0.4, 0.5) is 4.79 Å². The van der Waals surface area contributed by atoms with Gasteiger partial charge in [0.1, 0.15) is 5.54 Å². The van der Waals surface area contributed by atoms with Gasteiger partial charge in [0, 0.05) is 12.0 Å². The fourth-order valence-corrected chi connectivity index (χ4v) is 2.31. The summed E-state index contributed by atoms with van der Waals surface area (Å²) in [5.41, 5.74) is -0.961. The first-order valence-corrected chi connectivity index (χ1v) is 4.82. The smallest absolute Gasteiger partial charge is 0.322 e. The third kappa shape index (κ3) is 1.05. The molecule has 1 atom stereocenters. The highest BCUT2D eigenvalue weighted by molar-refractivity contribution is 6.07. The Morgan fingerprint density at radius 2 is 2.00 bits per heavy atom. The fourth-order valence-electron chi connectivity index (χ4n) is 2.31. The molecule has 1 unspecified atom stereocenters. The van der Waals surface area contributed by atoms with E-state index in [1.54, 1.807) is 0 Å². The van der Waals surface area contributed by atoms with Crippen molar-refractivity contribution < 1.29 is 9.59 Å². The highest BCUT2D eigenvalue weighted by atomic mass is 16.2. The van der Waals surface area contributed by atoms with Gasteiger partial charge >= 0.3 is 6.03 Å². The normalized spacial score (nSPS) is 35.6. The molecule has 3 N–H and O–H groups in total. The van der Waals surface area contributed by atoms with E-state index >= 15 is 0 Å². The van der Waals surface area contributed by atoms with Crippen molar-refractivity contribution in [1.29, 1.82) is 0 Å². The lowest BCUT2D eigenvalue weighted by Crippen LogP contribution is -2.65.